The van der Waals surface area contributed by atoms with Crippen LogP contribution in [0.3, 0.4) is 0 Å². The van der Waals surface area contributed by atoms with Crippen molar-refractivity contribution in [3.63, 3.8) is 0 Å². The number of hydrogen-bond acceptors (Lipinski definition) is 8. The lowest BCUT2D eigenvalue weighted by molar-refractivity contribution is -0.890. The summed E-state index contributed by atoms with van der Waals surface area (Å²) in [7, 11) is 18.2. The van der Waals surface area contributed by atoms with Gasteiger partial charge in [0.05, 0.1) is 155 Å². The second-order valence-electron chi connectivity index (χ2n) is 25.2. The Labute approximate surface area is 448 Å². The maximum atomic E-state index is 5.79. The largest absolute Gasteiger partial charge is 0.380 e. The van der Waals surface area contributed by atoms with Crippen molar-refractivity contribution in [3.05, 3.63) is 0 Å². The number of ether oxygens (including phenoxy) is 4. The van der Waals surface area contributed by atoms with Crippen LogP contribution in [0.5, 0.6) is 0 Å². The van der Waals surface area contributed by atoms with E-state index in [2.05, 4.69) is 214 Å². The second-order valence-corrected chi connectivity index (χ2v) is 25.2. The summed E-state index contributed by atoms with van der Waals surface area (Å²) in [6.45, 7) is 65.4. The Balaban J connectivity index is -0.000000425. The third-order valence-corrected chi connectivity index (χ3v) is 14.5. The molecule has 0 aliphatic rings. The number of hydrogen-bond donors (Lipinski definition) is 0. The van der Waals surface area contributed by atoms with Crippen LogP contribution in [0.2, 0.25) is 0 Å². The molecule has 12 nitrogen and oxygen atoms in total. The molecule has 0 atom stereocenters. The van der Waals surface area contributed by atoms with Crippen molar-refractivity contribution in [2.24, 2.45) is 0 Å². The fraction of sp³-hybridized carbons (Fsp3) is 1.00. The molecule has 0 rings (SSSR count). The van der Waals surface area contributed by atoms with Crippen LogP contribution in [0.15, 0.2) is 0 Å². The highest BCUT2D eigenvalue weighted by atomic mass is 16.5. The molecule has 0 aromatic heterocycles. The number of likely N-dealkylation sites (N-methyl/N-ethyl adjacent to an activating group) is 2. The molecule has 0 aliphatic heterocycles. The summed E-state index contributed by atoms with van der Waals surface area (Å²) >= 11 is 0. The summed E-state index contributed by atoms with van der Waals surface area (Å²) in [4.78, 5) is 9.97. The van der Waals surface area contributed by atoms with Gasteiger partial charge in [0.1, 0.15) is 6.54 Å². The van der Waals surface area contributed by atoms with Crippen molar-refractivity contribution >= 4 is 0 Å². The van der Waals surface area contributed by atoms with Gasteiger partial charge in [-0.3, -0.25) is 19.6 Å². The van der Waals surface area contributed by atoms with E-state index >= 15 is 0 Å². The maximum absolute atomic E-state index is 5.79. The smallest absolute Gasteiger partial charge is 0.102 e. The zero-order valence-corrected chi connectivity index (χ0v) is 54.1. The fourth-order valence-electron chi connectivity index (χ4n) is 8.57. The van der Waals surface area contributed by atoms with Gasteiger partial charge < -0.3 is 36.9 Å². The number of rotatable bonds is 39. The molecule has 0 aromatic rings. The minimum absolute atomic E-state index is 0.573. The van der Waals surface area contributed by atoms with Crippen LogP contribution >= 0.6 is 0 Å². The third-order valence-electron chi connectivity index (χ3n) is 14.5. The highest BCUT2D eigenvalue weighted by Gasteiger charge is 2.20. The first-order valence-electron chi connectivity index (χ1n) is 29.3. The molecule has 0 heterocycles. The Hall–Kier alpha value is -0.480. The topological polar surface area (TPSA) is 49.9 Å². The summed E-state index contributed by atoms with van der Waals surface area (Å²) < 4.78 is 27.1. The molecule has 0 saturated carbocycles. The molecule has 0 amide bonds. The molecule has 0 N–H and O–H groups in total. The molecule has 0 saturated heterocycles. The lowest BCUT2D eigenvalue weighted by atomic mass is 10.2. The average Bonchev–Trinajstić information content (AvgIpc) is 3.24. The Morgan fingerprint density at radius 3 is 0.817 bits per heavy atom. The highest BCUT2D eigenvalue weighted by molar-refractivity contribution is 4.69. The lowest BCUT2D eigenvalue weighted by Gasteiger charge is -2.35. The normalized spacial score (nSPS) is 13.0. The van der Waals surface area contributed by atoms with E-state index in [1.165, 1.54) is 52.2 Å². The minimum Gasteiger partial charge on any atom is -0.380 e. The summed E-state index contributed by atoms with van der Waals surface area (Å²) in [5.74, 6) is 0. The summed E-state index contributed by atoms with van der Waals surface area (Å²) in [6.07, 6.45) is 3.58. The van der Waals surface area contributed by atoms with E-state index in [-0.39, 0.29) is 0 Å². The molecular formula is C59H138N8O4+4. The van der Waals surface area contributed by atoms with E-state index < -0.39 is 0 Å². The van der Waals surface area contributed by atoms with Crippen molar-refractivity contribution in [1.29, 1.82) is 0 Å². The molecular weight excluding hydrogens is 885 g/mol. The molecule has 0 unspecified atom stereocenters. The van der Waals surface area contributed by atoms with Gasteiger partial charge in [-0.2, -0.15) is 0 Å². The van der Waals surface area contributed by atoms with Crippen molar-refractivity contribution in [2.45, 2.75) is 206 Å². The van der Waals surface area contributed by atoms with Crippen LogP contribution in [0.1, 0.15) is 158 Å². The highest BCUT2D eigenvalue weighted by Crippen LogP contribution is 2.09. The van der Waals surface area contributed by atoms with E-state index in [1.807, 2.05) is 0 Å². The van der Waals surface area contributed by atoms with E-state index in [0.717, 1.165) is 103 Å². The SMILES string of the molecule is CCC[N+](C)(C)CCCOCCN(C(C)C)C(C)C.CC[N+](C)(C)CCCOCCN(C(C)C)C(C)C.CC[N+](C)(C)CCN(C(C)C)C(C)C.CC[N+](C)(C)CCOCCOCCN(C(C)C)C(C)C. The number of nitrogens with zero attached hydrogens (tertiary/aromatic N) is 8. The van der Waals surface area contributed by atoms with Gasteiger partial charge >= 0.3 is 0 Å². The van der Waals surface area contributed by atoms with E-state index in [0.29, 0.717) is 61.5 Å². The van der Waals surface area contributed by atoms with Crippen LogP contribution < -0.4 is 0 Å². The van der Waals surface area contributed by atoms with E-state index in [4.69, 9.17) is 18.9 Å². The van der Waals surface area contributed by atoms with Crippen molar-refractivity contribution in [1.82, 2.24) is 19.6 Å². The molecule has 434 valence electrons. The van der Waals surface area contributed by atoms with Gasteiger partial charge in [-0.25, -0.2) is 0 Å². The second kappa shape index (κ2) is 43.6. The first-order chi connectivity index (χ1) is 32.7. The number of quaternary nitrogens is 4. The van der Waals surface area contributed by atoms with Gasteiger partial charge in [-0.15, -0.1) is 0 Å². The molecule has 12 heteroatoms. The van der Waals surface area contributed by atoms with Gasteiger partial charge in [-0.05, 0) is 138 Å². The van der Waals surface area contributed by atoms with Gasteiger partial charge in [0.2, 0.25) is 0 Å². The van der Waals surface area contributed by atoms with Crippen LogP contribution in [0.4, 0.5) is 0 Å². The molecule has 71 heavy (non-hydrogen) atoms. The van der Waals surface area contributed by atoms with Crippen LogP contribution in [0.25, 0.3) is 0 Å². The van der Waals surface area contributed by atoms with Crippen molar-refractivity contribution in [2.75, 3.05) is 188 Å². The van der Waals surface area contributed by atoms with Crippen molar-refractivity contribution < 1.29 is 36.9 Å². The van der Waals surface area contributed by atoms with Crippen molar-refractivity contribution in [3.8, 4) is 0 Å². The predicted octanol–water partition coefficient (Wildman–Crippen LogP) is 10.0. The summed E-state index contributed by atoms with van der Waals surface area (Å²) in [5, 5.41) is 0. The quantitative estimate of drug-likeness (QED) is 0.0446. The Morgan fingerprint density at radius 1 is 0.268 bits per heavy atom. The Kier molecular flexibility index (Phi) is 47.3. The lowest BCUT2D eigenvalue weighted by Crippen LogP contribution is -2.48. The molecule has 0 spiro atoms. The summed E-state index contributed by atoms with van der Waals surface area (Å²) in [6, 6.07) is 4.87. The predicted molar refractivity (Wildman–Crippen MR) is 315 cm³/mol. The summed E-state index contributed by atoms with van der Waals surface area (Å²) in [5.41, 5.74) is 0. The first-order valence-corrected chi connectivity index (χ1v) is 29.3. The molecule has 0 bridgehead atoms. The zero-order chi connectivity index (χ0) is 56.0. The van der Waals surface area contributed by atoms with E-state index in [9.17, 15) is 0 Å². The first kappa shape index (κ1) is 77.0. The zero-order valence-electron chi connectivity index (χ0n) is 54.1. The minimum atomic E-state index is 0.573. The molecule has 0 fully saturated rings. The van der Waals surface area contributed by atoms with Crippen LogP contribution in [0, 0.1) is 0 Å². The standard InChI is InChI=1S/C16H37N2O2.C16H37N2O.C15H35N2O.C12H29N2/c1-8-18(6,7)10-12-20-14-13-19-11-9-17(15(2)3)16(4)5;1-8-11-18(6,7)12-9-13-19-14-10-17(15(2)3)16(4)5;1-8-17(6,7)11-9-12-18-13-10-16(14(2)3)15(4)5;1-8-14(6,7)10-9-13(11(2)3)12(4)5/h15-16H,8-14H2,1-7H3;15-16H,8-14H2,1-7H3;14-15H,8-13H2,1-7H3;11-12H,8-10H2,1-7H3/q4*+1. The third kappa shape index (κ3) is 46.5. The van der Waals surface area contributed by atoms with E-state index in [1.54, 1.807) is 0 Å². The fourth-order valence-corrected chi connectivity index (χ4v) is 8.57. The molecule has 0 aliphatic carbocycles. The molecule has 0 aromatic carbocycles. The Bertz CT molecular complexity index is 1110. The monoisotopic (exact) mass is 1020 g/mol. The van der Waals surface area contributed by atoms with Gasteiger partial charge in [0.15, 0.2) is 0 Å². The van der Waals surface area contributed by atoms with Crippen LogP contribution in [-0.4, -0.2) is 274 Å². The van der Waals surface area contributed by atoms with Gasteiger partial charge in [-0.1, -0.05) is 6.92 Å². The van der Waals surface area contributed by atoms with Crippen LogP contribution in [-0.2, 0) is 18.9 Å². The van der Waals surface area contributed by atoms with Gasteiger partial charge in [0.25, 0.3) is 0 Å². The maximum Gasteiger partial charge on any atom is 0.102 e. The Morgan fingerprint density at radius 2 is 0.521 bits per heavy atom. The molecule has 0 radical (unpaired) electrons. The average molecular weight is 1020 g/mol. The van der Waals surface area contributed by atoms with Gasteiger partial charge in [0, 0.05) is 87.4 Å².